The van der Waals surface area contributed by atoms with Crippen molar-refractivity contribution >= 4 is 17.4 Å². The molecule has 1 amide bonds. The predicted molar refractivity (Wildman–Crippen MR) is 67.0 cm³/mol. The van der Waals surface area contributed by atoms with Crippen LogP contribution < -0.4 is 11.1 Å². The van der Waals surface area contributed by atoms with Crippen molar-refractivity contribution in [3.8, 4) is 0 Å². The first-order chi connectivity index (χ1) is 8.20. The second-order valence-corrected chi connectivity index (χ2v) is 5.24. The molecule has 0 bridgehead atoms. The molecule has 17 heavy (non-hydrogen) atoms. The maximum Gasteiger partial charge on any atom is 0.265 e. The second kappa shape index (κ2) is 5.55. The standard InChI is InChI=1S/C11H18N4OS/c1-2-9-10(17-15-14-9)11(16)13-8-5-3-7(12)4-6-8/h7-8H,2-6,12H2,1H3,(H,13,16). The molecule has 1 aliphatic rings. The van der Waals surface area contributed by atoms with E-state index in [2.05, 4.69) is 14.9 Å². The van der Waals surface area contributed by atoms with E-state index in [1.165, 1.54) is 11.5 Å². The molecule has 1 fully saturated rings. The van der Waals surface area contributed by atoms with Gasteiger partial charge in [-0.3, -0.25) is 4.79 Å². The van der Waals surface area contributed by atoms with Crippen molar-refractivity contribution in [2.75, 3.05) is 0 Å². The third-order valence-electron chi connectivity index (χ3n) is 3.20. The van der Waals surface area contributed by atoms with Crippen molar-refractivity contribution in [2.24, 2.45) is 5.73 Å². The summed E-state index contributed by atoms with van der Waals surface area (Å²) < 4.78 is 3.83. The number of hydrogen-bond donors (Lipinski definition) is 2. The molecule has 6 heteroatoms. The largest absolute Gasteiger partial charge is 0.349 e. The third-order valence-corrected chi connectivity index (χ3v) is 3.97. The van der Waals surface area contributed by atoms with Crippen LogP contribution in [0.5, 0.6) is 0 Å². The predicted octanol–water partition coefficient (Wildman–Crippen LogP) is 1.10. The fourth-order valence-corrected chi connectivity index (χ4v) is 2.78. The Labute approximate surface area is 105 Å². The van der Waals surface area contributed by atoms with E-state index in [9.17, 15) is 4.79 Å². The Kier molecular flexibility index (Phi) is 4.06. The first kappa shape index (κ1) is 12.4. The van der Waals surface area contributed by atoms with Gasteiger partial charge in [0.2, 0.25) is 0 Å². The Morgan fingerprint density at radius 3 is 2.82 bits per heavy atom. The highest BCUT2D eigenvalue weighted by molar-refractivity contribution is 7.08. The Morgan fingerprint density at radius 1 is 1.47 bits per heavy atom. The minimum atomic E-state index is -0.0303. The summed E-state index contributed by atoms with van der Waals surface area (Å²) in [5.74, 6) is -0.0303. The Hall–Kier alpha value is -1.01. The first-order valence-corrected chi connectivity index (χ1v) is 6.85. The number of carbonyl (C=O) groups is 1. The van der Waals surface area contributed by atoms with Crippen molar-refractivity contribution in [1.29, 1.82) is 0 Å². The van der Waals surface area contributed by atoms with Crippen molar-refractivity contribution in [3.05, 3.63) is 10.6 Å². The van der Waals surface area contributed by atoms with E-state index < -0.39 is 0 Å². The first-order valence-electron chi connectivity index (χ1n) is 6.08. The average Bonchev–Trinajstić information content (AvgIpc) is 2.80. The Bertz CT molecular complexity index is 385. The molecule has 1 aliphatic carbocycles. The molecule has 0 atom stereocenters. The zero-order valence-electron chi connectivity index (χ0n) is 9.98. The maximum absolute atomic E-state index is 12.0. The molecule has 5 nitrogen and oxygen atoms in total. The van der Waals surface area contributed by atoms with Crippen LogP contribution in [0, 0.1) is 0 Å². The zero-order valence-corrected chi connectivity index (χ0v) is 10.8. The zero-order chi connectivity index (χ0) is 12.3. The third kappa shape index (κ3) is 3.01. The lowest BCUT2D eigenvalue weighted by atomic mass is 9.92. The van der Waals surface area contributed by atoms with Crippen molar-refractivity contribution in [3.63, 3.8) is 0 Å². The minimum Gasteiger partial charge on any atom is -0.349 e. The van der Waals surface area contributed by atoms with Crippen molar-refractivity contribution < 1.29 is 4.79 Å². The quantitative estimate of drug-likeness (QED) is 0.846. The summed E-state index contributed by atoms with van der Waals surface area (Å²) in [4.78, 5) is 12.7. The van der Waals surface area contributed by atoms with Gasteiger partial charge in [-0.2, -0.15) is 0 Å². The lowest BCUT2D eigenvalue weighted by Crippen LogP contribution is -2.40. The van der Waals surface area contributed by atoms with Gasteiger partial charge in [0.15, 0.2) is 0 Å². The van der Waals surface area contributed by atoms with Crippen LogP contribution >= 0.6 is 11.5 Å². The lowest BCUT2D eigenvalue weighted by molar-refractivity contribution is 0.0929. The second-order valence-electron chi connectivity index (χ2n) is 4.49. The SMILES string of the molecule is CCc1nnsc1C(=O)NC1CCC(N)CC1. The number of amides is 1. The summed E-state index contributed by atoms with van der Waals surface area (Å²) in [7, 11) is 0. The monoisotopic (exact) mass is 254 g/mol. The van der Waals surface area contributed by atoms with Crippen LogP contribution in [0.2, 0.25) is 0 Å². The number of hydrogen-bond acceptors (Lipinski definition) is 5. The van der Waals surface area contributed by atoms with Gasteiger partial charge in [-0.05, 0) is 43.6 Å². The van der Waals surface area contributed by atoms with E-state index in [1.54, 1.807) is 0 Å². The van der Waals surface area contributed by atoms with E-state index in [0.29, 0.717) is 10.9 Å². The molecule has 0 spiro atoms. The van der Waals surface area contributed by atoms with E-state index >= 15 is 0 Å². The summed E-state index contributed by atoms with van der Waals surface area (Å²) in [6.07, 6.45) is 4.68. The molecule has 1 aromatic heterocycles. The van der Waals surface area contributed by atoms with Crippen LogP contribution in [-0.2, 0) is 6.42 Å². The van der Waals surface area contributed by atoms with Gasteiger partial charge in [0.1, 0.15) is 4.88 Å². The Balaban J connectivity index is 1.93. The number of nitrogens with one attached hydrogen (secondary N) is 1. The lowest BCUT2D eigenvalue weighted by Gasteiger charge is -2.26. The normalized spacial score (nSPS) is 24.6. The topological polar surface area (TPSA) is 80.9 Å². The molecule has 0 aliphatic heterocycles. The van der Waals surface area contributed by atoms with Crippen LogP contribution in [0.4, 0.5) is 0 Å². The average molecular weight is 254 g/mol. The fourth-order valence-electron chi connectivity index (χ4n) is 2.13. The number of aryl methyl sites for hydroxylation is 1. The van der Waals surface area contributed by atoms with E-state index in [-0.39, 0.29) is 11.9 Å². The van der Waals surface area contributed by atoms with Gasteiger partial charge in [-0.25, -0.2) is 0 Å². The highest BCUT2D eigenvalue weighted by atomic mass is 32.1. The van der Waals surface area contributed by atoms with Crippen molar-refractivity contribution in [2.45, 2.75) is 51.1 Å². The van der Waals surface area contributed by atoms with Gasteiger partial charge in [-0.1, -0.05) is 11.4 Å². The number of carbonyl (C=O) groups excluding carboxylic acids is 1. The molecule has 2 rings (SSSR count). The molecule has 1 aromatic rings. The molecule has 0 unspecified atom stereocenters. The minimum absolute atomic E-state index is 0.0303. The summed E-state index contributed by atoms with van der Waals surface area (Å²) >= 11 is 1.17. The molecule has 1 saturated carbocycles. The van der Waals surface area contributed by atoms with E-state index in [0.717, 1.165) is 37.8 Å². The van der Waals surface area contributed by atoms with Crippen LogP contribution in [0.1, 0.15) is 48.0 Å². The smallest absolute Gasteiger partial charge is 0.265 e. The van der Waals surface area contributed by atoms with Crippen LogP contribution in [0.15, 0.2) is 0 Å². The number of nitrogens with two attached hydrogens (primary N) is 1. The van der Waals surface area contributed by atoms with Crippen molar-refractivity contribution in [1.82, 2.24) is 14.9 Å². The molecule has 1 heterocycles. The molecular weight excluding hydrogens is 236 g/mol. The van der Waals surface area contributed by atoms with Gasteiger partial charge in [-0.15, -0.1) is 5.10 Å². The number of aromatic nitrogens is 2. The molecule has 0 radical (unpaired) electrons. The molecule has 0 saturated heterocycles. The summed E-state index contributed by atoms with van der Waals surface area (Å²) in [5.41, 5.74) is 6.63. The summed E-state index contributed by atoms with van der Waals surface area (Å²) in [6, 6.07) is 0.563. The molecule has 0 aromatic carbocycles. The summed E-state index contributed by atoms with van der Waals surface area (Å²) in [6.45, 7) is 1.98. The highest BCUT2D eigenvalue weighted by Gasteiger charge is 2.22. The van der Waals surface area contributed by atoms with E-state index in [1.807, 2.05) is 6.92 Å². The van der Waals surface area contributed by atoms with Gasteiger partial charge in [0, 0.05) is 12.1 Å². The van der Waals surface area contributed by atoms with Crippen LogP contribution in [0.3, 0.4) is 0 Å². The van der Waals surface area contributed by atoms with Crippen LogP contribution in [-0.4, -0.2) is 27.6 Å². The Morgan fingerprint density at radius 2 is 2.18 bits per heavy atom. The fraction of sp³-hybridized carbons (Fsp3) is 0.727. The van der Waals surface area contributed by atoms with Gasteiger partial charge in [0.05, 0.1) is 5.69 Å². The highest BCUT2D eigenvalue weighted by Crippen LogP contribution is 2.18. The van der Waals surface area contributed by atoms with Gasteiger partial charge in [0.25, 0.3) is 5.91 Å². The van der Waals surface area contributed by atoms with E-state index in [4.69, 9.17) is 5.73 Å². The number of rotatable bonds is 3. The summed E-state index contributed by atoms with van der Waals surface area (Å²) in [5, 5.41) is 7.00. The molecule has 94 valence electrons. The number of nitrogens with zero attached hydrogens (tertiary/aromatic N) is 2. The van der Waals surface area contributed by atoms with Gasteiger partial charge < -0.3 is 11.1 Å². The maximum atomic E-state index is 12.0. The molecular formula is C11H18N4OS. The van der Waals surface area contributed by atoms with Crippen LogP contribution in [0.25, 0.3) is 0 Å². The van der Waals surface area contributed by atoms with Gasteiger partial charge >= 0.3 is 0 Å². The molecule has 3 N–H and O–H groups in total.